The highest BCUT2D eigenvalue weighted by Crippen LogP contribution is 2.24. The van der Waals surface area contributed by atoms with Crippen molar-refractivity contribution in [1.82, 2.24) is 9.99 Å². The summed E-state index contributed by atoms with van der Waals surface area (Å²) in [5.74, 6) is 0. The molecule has 4 rings (SSSR count). The van der Waals surface area contributed by atoms with Crippen LogP contribution < -0.4 is 11.2 Å². The number of nitrogens with one attached hydrogen (secondary N) is 1. The quantitative estimate of drug-likeness (QED) is 0.329. The smallest absolute Gasteiger partial charge is 0.184 e. The van der Waals surface area contributed by atoms with E-state index < -0.39 is 0 Å². The Hall–Kier alpha value is -3.18. The Balaban J connectivity index is 1.77. The number of thiocarbonyl (C=S) groups is 1. The zero-order valence-electron chi connectivity index (χ0n) is 14.1. The molecule has 26 heavy (non-hydrogen) atoms. The van der Waals surface area contributed by atoms with Crippen LogP contribution in [0.4, 0.5) is 0 Å². The van der Waals surface area contributed by atoms with Gasteiger partial charge in [-0.15, -0.1) is 0 Å². The van der Waals surface area contributed by atoms with Gasteiger partial charge >= 0.3 is 0 Å². The fourth-order valence-electron chi connectivity index (χ4n) is 3.29. The SMILES string of the molecule is NC(=S)NN=Cc1cn(Cc2cccc3ccccc23)c2ccccc12. The van der Waals surface area contributed by atoms with Crippen LogP contribution in [-0.4, -0.2) is 15.9 Å². The summed E-state index contributed by atoms with van der Waals surface area (Å²) in [7, 11) is 0. The molecule has 3 N–H and O–H groups in total. The molecule has 1 heterocycles. The van der Waals surface area contributed by atoms with E-state index >= 15 is 0 Å². The normalized spacial score (nSPS) is 11.4. The predicted octanol–water partition coefficient (Wildman–Crippen LogP) is 4.01. The molecule has 0 spiro atoms. The number of para-hydroxylation sites is 1. The van der Waals surface area contributed by atoms with Gasteiger partial charge < -0.3 is 10.3 Å². The lowest BCUT2D eigenvalue weighted by atomic mass is 10.0. The van der Waals surface area contributed by atoms with Gasteiger partial charge in [-0.3, -0.25) is 5.43 Å². The molecule has 0 radical (unpaired) electrons. The lowest BCUT2D eigenvalue weighted by Gasteiger charge is -2.09. The van der Waals surface area contributed by atoms with E-state index in [1.165, 1.54) is 16.3 Å². The molecule has 0 aliphatic heterocycles. The number of benzene rings is 3. The van der Waals surface area contributed by atoms with Crippen LogP contribution in [0.2, 0.25) is 0 Å². The van der Waals surface area contributed by atoms with Crippen LogP contribution in [0.15, 0.2) is 78.0 Å². The van der Waals surface area contributed by atoms with Gasteiger partial charge in [0.15, 0.2) is 5.11 Å². The van der Waals surface area contributed by atoms with Crippen LogP contribution in [0.1, 0.15) is 11.1 Å². The van der Waals surface area contributed by atoms with Crippen molar-refractivity contribution in [2.45, 2.75) is 6.54 Å². The van der Waals surface area contributed by atoms with Gasteiger partial charge in [0.1, 0.15) is 0 Å². The summed E-state index contributed by atoms with van der Waals surface area (Å²) in [6.07, 6.45) is 3.86. The monoisotopic (exact) mass is 358 g/mol. The summed E-state index contributed by atoms with van der Waals surface area (Å²) < 4.78 is 2.25. The average molecular weight is 358 g/mol. The van der Waals surface area contributed by atoms with Crippen LogP contribution in [0, 0.1) is 0 Å². The van der Waals surface area contributed by atoms with Crippen molar-refractivity contribution in [2.75, 3.05) is 0 Å². The Kier molecular flexibility index (Phi) is 4.37. The molecule has 0 bridgehead atoms. The average Bonchev–Trinajstić information content (AvgIpc) is 3.00. The zero-order chi connectivity index (χ0) is 17.9. The van der Waals surface area contributed by atoms with E-state index in [0.29, 0.717) is 0 Å². The van der Waals surface area contributed by atoms with Gasteiger partial charge in [-0.2, -0.15) is 5.10 Å². The van der Waals surface area contributed by atoms with Crippen LogP contribution >= 0.6 is 12.2 Å². The van der Waals surface area contributed by atoms with Crippen molar-refractivity contribution in [2.24, 2.45) is 10.8 Å². The number of fused-ring (bicyclic) bond motifs is 2. The molecule has 128 valence electrons. The highest BCUT2D eigenvalue weighted by Gasteiger charge is 2.08. The van der Waals surface area contributed by atoms with Crippen LogP contribution in [-0.2, 0) is 6.54 Å². The van der Waals surface area contributed by atoms with Gasteiger partial charge in [0.25, 0.3) is 0 Å². The van der Waals surface area contributed by atoms with Crippen molar-refractivity contribution >= 4 is 45.2 Å². The second kappa shape index (κ2) is 6.98. The maximum absolute atomic E-state index is 5.43. The molecule has 0 saturated heterocycles. The van der Waals surface area contributed by atoms with Crippen LogP contribution in [0.25, 0.3) is 21.7 Å². The number of hydrogen-bond acceptors (Lipinski definition) is 2. The topological polar surface area (TPSA) is 55.3 Å². The first-order valence-corrected chi connectivity index (χ1v) is 8.76. The van der Waals surface area contributed by atoms with E-state index in [0.717, 1.165) is 23.0 Å². The molecule has 1 aromatic heterocycles. The summed E-state index contributed by atoms with van der Waals surface area (Å²) in [5.41, 5.74) is 11.5. The molecular weight excluding hydrogens is 340 g/mol. The van der Waals surface area contributed by atoms with E-state index in [2.05, 4.69) is 82.0 Å². The number of nitrogens with zero attached hydrogens (tertiary/aromatic N) is 2. The summed E-state index contributed by atoms with van der Waals surface area (Å²) >= 11 is 4.79. The summed E-state index contributed by atoms with van der Waals surface area (Å²) in [6.45, 7) is 0.790. The first-order valence-electron chi connectivity index (χ1n) is 8.35. The molecule has 3 aromatic carbocycles. The summed E-state index contributed by atoms with van der Waals surface area (Å²) in [6, 6.07) is 23.2. The van der Waals surface area contributed by atoms with Crippen molar-refractivity contribution < 1.29 is 0 Å². The lowest BCUT2D eigenvalue weighted by Crippen LogP contribution is -2.23. The third kappa shape index (κ3) is 3.17. The first-order chi connectivity index (χ1) is 12.7. The third-order valence-corrected chi connectivity index (χ3v) is 4.51. The zero-order valence-corrected chi connectivity index (χ0v) is 14.9. The second-order valence-corrected chi connectivity index (χ2v) is 6.54. The van der Waals surface area contributed by atoms with Gasteiger partial charge in [-0.1, -0.05) is 60.7 Å². The molecule has 5 heteroatoms. The highest BCUT2D eigenvalue weighted by atomic mass is 32.1. The molecule has 0 unspecified atom stereocenters. The molecule has 0 atom stereocenters. The molecule has 4 nitrogen and oxygen atoms in total. The standard InChI is InChI=1S/C21H18N4S/c22-21(26)24-23-12-17-14-25(20-11-4-3-10-19(17)20)13-16-8-5-7-15-6-1-2-9-18(15)16/h1-12,14H,13H2,(H3,22,24,26). The van der Waals surface area contributed by atoms with Gasteiger partial charge in [0, 0.05) is 29.2 Å². The van der Waals surface area contributed by atoms with E-state index in [9.17, 15) is 0 Å². The largest absolute Gasteiger partial charge is 0.375 e. The Bertz CT molecular complexity index is 1120. The lowest BCUT2D eigenvalue weighted by molar-refractivity contribution is 0.842. The van der Waals surface area contributed by atoms with E-state index in [1.54, 1.807) is 6.21 Å². The molecule has 0 aliphatic rings. The minimum atomic E-state index is 0.153. The van der Waals surface area contributed by atoms with Gasteiger partial charge in [-0.25, -0.2) is 0 Å². The highest BCUT2D eigenvalue weighted by molar-refractivity contribution is 7.80. The maximum Gasteiger partial charge on any atom is 0.184 e. The molecule has 0 amide bonds. The molecule has 4 aromatic rings. The molecule has 0 fully saturated rings. The van der Waals surface area contributed by atoms with Gasteiger partial charge in [0.2, 0.25) is 0 Å². The van der Waals surface area contributed by atoms with Crippen molar-refractivity contribution in [3.8, 4) is 0 Å². The van der Waals surface area contributed by atoms with E-state index in [-0.39, 0.29) is 5.11 Å². The first kappa shape index (κ1) is 16.3. The van der Waals surface area contributed by atoms with Gasteiger partial charge in [-0.05, 0) is 34.6 Å². The predicted molar refractivity (Wildman–Crippen MR) is 113 cm³/mol. The van der Waals surface area contributed by atoms with Crippen molar-refractivity contribution in [3.63, 3.8) is 0 Å². The van der Waals surface area contributed by atoms with Crippen LogP contribution in [0.3, 0.4) is 0 Å². The Labute approximate surface area is 156 Å². The number of rotatable bonds is 4. The second-order valence-electron chi connectivity index (χ2n) is 6.10. The number of hydrazone groups is 1. The summed E-state index contributed by atoms with van der Waals surface area (Å²) in [4.78, 5) is 0. The molecular formula is C21H18N4S. The Morgan fingerprint density at radius 2 is 1.73 bits per heavy atom. The van der Waals surface area contributed by atoms with E-state index in [1.807, 2.05) is 6.07 Å². The number of aromatic nitrogens is 1. The Morgan fingerprint density at radius 1 is 1.00 bits per heavy atom. The van der Waals surface area contributed by atoms with Crippen molar-refractivity contribution in [3.05, 3.63) is 84.1 Å². The number of nitrogens with two attached hydrogens (primary N) is 1. The summed E-state index contributed by atoms with van der Waals surface area (Å²) in [5, 5.41) is 7.93. The minimum Gasteiger partial charge on any atom is -0.375 e. The Morgan fingerprint density at radius 3 is 2.58 bits per heavy atom. The fourth-order valence-corrected chi connectivity index (χ4v) is 3.34. The molecule has 0 saturated carbocycles. The number of hydrogen-bond donors (Lipinski definition) is 2. The van der Waals surface area contributed by atoms with E-state index in [4.69, 9.17) is 18.0 Å². The third-order valence-electron chi connectivity index (χ3n) is 4.42. The maximum atomic E-state index is 5.43. The van der Waals surface area contributed by atoms with Crippen molar-refractivity contribution in [1.29, 1.82) is 0 Å². The minimum absolute atomic E-state index is 0.153. The molecule has 0 aliphatic carbocycles. The van der Waals surface area contributed by atoms with Gasteiger partial charge in [0.05, 0.1) is 6.21 Å². The fraction of sp³-hybridized carbons (Fsp3) is 0.0476. The van der Waals surface area contributed by atoms with Crippen LogP contribution in [0.5, 0.6) is 0 Å².